The lowest BCUT2D eigenvalue weighted by Gasteiger charge is -2.13. The first kappa shape index (κ1) is 15.3. The second-order valence-corrected chi connectivity index (χ2v) is 4.71. The molecule has 4 nitrogen and oxygen atoms in total. The Morgan fingerprint density at radius 3 is 2.38 bits per heavy atom. The largest absolute Gasteiger partial charge is 0.495 e. The summed E-state index contributed by atoms with van der Waals surface area (Å²) in [4.78, 5) is 0. The molecule has 0 heterocycles. The molecular weight excluding hydrogens is 290 g/mol. The van der Waals surface area contributed by atoms with Crippen LogP contribution in [0.4, 0.5) is 5.69 Å². The van der Waals surface area contributed by atoms with Crippen LogP contribution >= 0.6 is 11.6 Å². The van der Waals surface area contributed by atoms with Gasteiger partial charge in [-0.3, -0.25) is 0 Å². The molecule has 112 valence electrons. The Kier molecular flexibility index (Phi) is 5.58. The third-order valence-corrected chi connectivity index (χ3v) is 3.14. The van der Waals surface area contributed by atoms with Crippen LogP contribution in [-0.4, -0.2) is 27.4 Å². The molecule has 0 unspecified atom stereocenters. The molecule has 2 aromatic rings. The Balaban J connectivity index is 1.89. The van der Waals surface area contributed by atoms with Crippen molar-refractivity contribution in [3.05, 3.63) is 47.5 Å². The van der Waals surface area contributed by atoms with Crippen molar-refractivity contribution >= 4 is 17.3 Å². The van der Waals surface area contributed by atoms with Gasteiger partial charge < -0.3 is 19.5 Å². The number of methoxy groups -OCH3 is 2. The maximum absolute atomic E-state index is 5.98. The van der Waals surface area contributed by atoms with Crippen LogP contribution in [0.2, 0.25) is 5.02 Å². The molecule has 2 rings (SSSR count). The number of nitrogens with one attached hydrogen (secondary N) is 1. The molecule has 0 atom stereocenters. The molecular formula is C16H18ClNO3. The first-order valence-electron chi connectivity index (χ1n) is 6.58. The standard InChI is InChI=1S/C16H18ClNO3/c1-19-14-8-7-12(17)11-13(14)18-9-10-21-16-6-4-3-5-15(16)20-2/h3-8,11,18H,9-10H2,1-2H3. The maximum Gasteiger partial charge on any atom is 0.161 e. The molecule has 0 radical (unpaired) electrons. The topological polar surface area (TPSA) is 39.7 Å². The Morgan fingerprint density at radius 2 is 1.67 bits per heavy atom. The zero-order chi connectivity index (χ0) is 15.1. The summed E-state index contributed by atoms with van der Waals surface area (Å²) in [5.41, 5.74) is 0.841. The predicted molar refractivity (Wildman–Crippen MR) is 85.0 cm³/mol. The van der Waals surface area contributed by atoms with Gasteiger partial charge in [-0.1, -0.05) is 23.7 Å². The van der Waals surface area contributed by atoms with Gasteiger partial charge in [0.15, 0.2) is 11.5 Å². The van der Waals surface area contributed by atoms with Crippen LogP contribution in [0, 0.1) is 0 Å². The molecule has 0 aliphatic carbocycles. The van der Waals surface area contributed by atoms with E-state index in [1.165, 1.54) is 0 Å². The predicted octanol–water partition coefficient (Wildman–Crippen LogP) is 3.85. The van der Waals surface area contributed by atoms with Gasteiger partial charge in [-0.2, -0.15) is 0 Å². The van der Waals surface area contributed by atoms with Crippen molar-refractivity contribution in [1.82, 2.24) is 0 Å². The highest BCUT2D eigenvalue weighted by atomic mass is 35.5. The summed E-state index contributed by atoms with van der Waals surface area (Å²) < 4.78 is 16.2. The van der Waals surface area contributed by atoms with Crippen LogP contribution in [0.25, 0.3) is 0 Å². The minimum Gasteiger partial charge on any atom is -0.495 e. The van der Waals surface area contributed by atoms with Crippen LogP contribution in [0.5, 0.6) is 17.2 Å². The van der Waals surface area contributed by atoms with Crippen LogP contribution in [0.15, 0.2) is 42.5 Å². The van der Waals surface area contributed by atoms with E-state index in [9.17, 15) is 0 Å². The quantitative estimate of drug-likeness (QED) is 0.789. The third-order valence-electron chi connectivity index (χ3n) is 2.91. The molecule has 0 aliphatic rings. The smallest absolute Gasteiger partial charge is 0.161 e. The Morgan fingerprint density at radius 1 is 0.952 bits per heavy atom. The summed E-state index contributed by atoms with van der Waals surface area (Å²) in [7, 11) is 3.25. The monoisotopic (exact) mass is 307 g/mol. The second kappa shape index (κ2) is 7.64. The summed E-state index contributed by atoms with van der Waals surface area (Å²) in [5, 5.41) is 3.89. The van der Waals surface area contributed by atoms with Crippen molar-refractivity contribution in [2.45, 2.75) is 0 Å². The fourth-order valence-electron chi connectivity index (χ4n) is 1.90. The Hall–Kier alpha value is -2.07. The SMILES string of the molecule is COc1ccc(Cl)cc1NCCOc1ccccc1OC. The number of rotatable bonds is 7. The molecule has 0 bridgehead atoms. The number of para-hydroxylation sites is 2. The summed E-state index contributed by atoms with van der Waals surface area (Å²) in [6.07, 6.45) is 0. The lowest BCUT2D eigenvalue weighted by atomic mass is 10.3. The van der Waals surface area contributed by atoms with E-state index in [-0.39, 0.29) is 0 Å². The maximum atomic E-state index is 5.98. The van der Waals surface area contributed by atoms with Crippen LogP contribution < -0.4 is 19.5 Å². The van der Waals surface area contributed by atoms with Gasteiger partial charge >= 0.3 is 0 Å². The molecule has 0 amide bonds. The fraction of sp³-hybridized carbons (Fsp3) is 0.250. The fourth-order valence-corrected chi connectivity index (χ4v) is 2.08. The van der Waals surface area contributed by atoms with E-state index in [0.717, 1.165) is 22.9 Å². The molecule has 0 aromatic heterocycles. The molecule has 5 heteroatoms. The van der Waals surface area contributed by atoms with Crippen molar-refractivity contribution < 1.29 is 14.2 Å². The summed E-state index contributed by atoms with van der Waals surface area (Å²) in [5.74, 6) is 2.19. The van der Waals surface area contributed by atoms with Crippen molar-refractivity contribution in [3.63, 3.8) is 0 Å². The highest BCUT2D eigenvalue weighted by Crippen LogP contribution is 2.28. The molecule has 0 saturated heterocycles. The minimum absolute atomic E-state index is 0.496. The van der Waals surface area contributed by atoms with Gasteiger partial charge in [-0.05, 0) is 30.3 Å². The molecule has 21 heavy (non-hydrogen) atoms. The Bertz CT molecular complexity index is 589. The molecule has 0 spiro atoms. The highest BCUT2D eigenvalue weighted by molar-refractivity contribution is 6.30. The zero-order valence-electron chi connectivity index (χ0n) is 12.1. The molecule has 2 aromatic carbocycles. The first-order chi connectivity index (χ1) is 10.2. The Labute approximate surface area is 129 Å². The number of ether oxygens (including phenoxy) is 3. The van der Waals surface area contributed by atoms with Crippen molar-refractivity contribution in [3.8, 4) is 17.2 Å². The van der Waals surface area contributed by atoms with Gasteiger partial charge in [-0.25, -0.2) is 0 Å². The zero-order valence-corrected chi connectivity index (χ0v) is 12.8. The van der Waals surface area contributed by atoms with Crippen molar-refractivity contribution in [2.75, 3.05) is 32.7 Å². The van der Waals surface area contributed by atoms with E-state index in [1.54, 1.807) is 20.3 Å². The molecule has 0 fully saturated rings. The molecule has 1 N–H and O–H groups in total. The van der Waals surface area contributed by atoms with Gasteiger partial charge in [0.1, 0.15) is 12.4 Å². The summed E-state index contributed by atoms with van der Waals surface area (Å²) >= 11 is 5.98. The van der Waals surface area contributed by atoms with Crippen molar-refractivity contribution in [2.24, 2.45) is 0 Å². The number of benzene rings is 2. The average Bonchev–Trinajstić information content (AvgIpc) is 2.52. The minimum atomic E-state index is 0.496. The average molecular weight is 308 g/mol. The van der Waals surface area contributed by atoms with Gasteiger partial charge in [0.05, 0.1) is 19.9 Å². The lowest BCUT2D eigenvalue weighted by molar-refractivity contribution is 0.305. The van der Waals surface area contributed by atoms with Crippen molar-refractivity contribution in [1.29, 1.82) is 0 Å². The third kappa shape index (κ3) is 4.20. The molecule has 0 saturated carbocycles. The van der Waals surface area contributed by atoms with Gasteiger partial charge in [0, 0.05) is 11.6 Å². The number of hydrogen-bond donors (Lipinski definition) is 1. The van der Waals surface area contributed by atoms with E-state index in [0.29, 0.717) is 18.2 Å². The van der Waals surface area contributed by atoms with E-state index in [2.05, 4.69) is 5.32 Å². The summed E-state index contributed by atoms with van der Waals surface area (Å²) in [6, 6.07) is 13.0. The molecule has 0 aliphatic heterocycles. The lowest BCUT2D eigenvalue weighted by Crippen LogP contribution is -2.12. The van der Waals surface area contributed by atoms with Gasteiger partial charge in [0.2, 0.25) is 0 Å². The van der Waals surface area contributed by atoms with Gasteiger partial charge in [0.25, 0.3) is 0 Å². The highest BCUT2D eigenvalue weighted by Gasteiger charge is 2.04. The second-order valence-electron chi connectivity index (χ2n) is 4.27. The van der Waals surface area contributed by atoms with Crippen LogP contribution in [0.1, 0.15) is 0 Å². The van der Waals surface area contributed by atoms with E-state index in [1.807, 2.05) is 36.4 Å². The van der Waals surface area contributed by atoms with Crippen LogP contribution in [-0.2, 0) is 0 Å². The van der Waals surface area contributed by atoms with Gasteiger partial charge in [-0.15, -0.1) is 0 Å². The summed E-state index contributed by atoms with van der Waals surface area (Å²) in [6.45, 7) is 1.12. The van der Waals surface area contributed by atoms with E-state index >= 15 is 0 Å². The van der Waals surface area contributed by atoms with Crippen LogP contribution in [0.3, 0.4) is 0 Å². The van der Waals surface area contributed by atoms with E-state index in [4.69, 9.17) is 25.8 Å². The first-order valence-corrected chi connectivity index (χ1v) is 6.95. The normalized spacial score (nSPS) is 10.0. The number of halogens is 1. The van der Waals surface area contributed by atoms with E-state index < -0.39 is 0 Å². The number of hydrogen-bond acceptors (Lipinski definition) is 4. The number of anilines is 1.